The first-order valence-electron chi connectivity index (χ1n) is 6.16. The smallest absolute Gasteiger partial charge is 0.0577 e. The van der Waals surface area contributed by atoms with Crippen molar-refractivity contribution in [2.24, 2.45) is 0 Å². The molecule has 2 unspecified atom stereocenters. The fourth-order valence-electron chi connectivity index (χ4n) is 1.91. The Morgan fingerprint density at radius 2 is 2.11 bits per heavy atom. The average molecular weight is 269 g/mol. The van der Waals surface area contributed by atoms with Crippen molar-refractivity contribution in [3.63, 3.8) is 0 Å². The van der Waals surface area contributed by atoms with Crippen molar-refractivity contribution >= 4 is 10.8 Å². The number of methoxy groups -OCH3 is 1. The minimum atomic E-state index is -0.853. The first-order valence-corrected chi connectivity index (χ1v) is 7.65. The summed E-state index contributed by atoms with van der Waals surface area (Å²) < 4.78 is 16.9. The molecule has 0 bridgehead atoms. The molecule has 1 rings (SSSR count). The lowest BCUT2D eigenvalue weighted by Gasteiger charge is -2.19. The molecule has 3 nitrogen and oxygen atoms in total. The fraction of sp³-hybridized carbons (Fsp3) is 0.571. The van der Waals surface area contributed by atoms with E-state index in [-0.39, 0.29) is 6.04 Å². The summed E-state index contributed by atoms with van der Waals surface area (Å²) in [7, 11) is 2.70. The van der Waals surface area contributed by atoms with Crippen molar-refractivity contribution in [2.45, 2.75) is 19.9 Å². The molecule has 4 heteroatoms. The number of nitrogens with one attached hydrogen (secondary N) is 1. The van der Waals surface area contributed by atoms with Gasteiger partial charge in [0.1, 0.15) is 0 Å². The minimum Gasteiger partial charge on any atom is -0.384 e. The lowest BCUT2D eigenvalue weighted by atomic mass is 10.0. The third kappa shape index (κ3) is 4.52. The second kappa shape index (κ2) is 7.67. The molecule has 0 fully saturated rings. The van der Waals surface area contributed by atoms with Crippen LogP contribution in [0.15, 0.2) is 18.2 Å². The van der Waals surface area contributed by atoms with Crippen molar-refractivity contribution < 1.29 is 8.95 Å². The Bertz CT molecular complexity index is 407. The molecule has 18 heavy (non-hydrogen) atoms. The van der Waals surface area contributed by atoms with Crippen LogP contribution in [0.1, 0.15) is 22.7 Å². The average Bonchev–Trinajstić information content (AvgIpc) is 2.36. The zero-order chi connectivity index (χ0) is 13.5. The van der Waals surface area contributed by atoms with Gasteiger partial charge < -0.3 is 10.1 Å². The Morgan fingerprint density at radius 3 is 2.72 bits per heavy atom. The normalized spacial score (nSPS) is 14.4. The van der Waals surface area contributed by atoms with Crippen LogP contribution in [0, 0.1) is 13.8 Å². The molecule has 0 aromatic heterocycles. The molecule has 0 aliphatic carbocycles. The predicted octanol–water partition coefficient (Wildman–Crippen LogP) is 1.96. The zero-order valence-corrected chi connectivity index (χ0v) is 12.5. The van der Waals surface area contributed by atoms with Crippen molar-refractivity contribution in [3.8, 4) is 0 Å². The van der Waals surface area contributed by atoms with Crippen LogP contribution in [-0.2, 0) is 15.5 Å². The number of rotatable bonds is 7. The highest BCUT2D eigenvalue weighted by Gasteiger charge is 2.15. The van der Waals surface area contributed by atoms with E-state index in [4.69, 9.17) is 4.74 Å². The molecule has 0 amide bonds. The summed E-state index contributed by atoms with van der Waals surface area (Å²) in [6, 6.07) is 6.53. The molecule has 0 saturated heterocycles. The van der Waals surface area contributed by atoms with E-state index >= 15 is 0 Å². The van der Waals surface area contributed by atoms with Crippen LogP contribution in [0.4, 0.5) is 0 Å². The summed E-state index contributed by atoms with van der Waals surface area (Å²) in [6.45, 7) is 4.73. The summed E-state index contributed by atoms with van der Waals surface area (Å²) in [4.78, 5) is 0. The highest BCUT2D eigenvalue weighted by atomic mass is 32.2. The lowest BCUT2D eigenvalue weighted by molar-refractivity contribution is 0.218. The minimum absolute atomic E-state index is 0.141. The van der Waals surface area contributed by atoms with Gasteiger partial charge in [-0.05, 0) is 32.0 Å². The Labute approximate surface area is 112 Å². The molecule has 0 heterocycles. The maximum absolute atomic E-state index is 11.9. The molecule has 0 radical (unpaired) electrons. The van der Waals surface area contributed by atoms with E-state index < -0.39 is 10.8 Å². The maximum Gasteiger partial charge on any atom is 0.0577 e. The van der Waals surface area contributed by atoms with Gasteiger partial charge in [-0.1, -0.05) is 23.8 Å². The van der Waals surface area contributed by atoms with Gasteiger partial charge in [0, 0.05) is 35.5 Å². The Hall–Kier alpha value is -0.710. The van der Waals surface area contributed by atoms with Gasteiger partial charge >= 0.3 is 0 Å². The summed E-state index contributed by atoms with van der Waals surface area (Å²) in [5, 5.41) is 3.26. The highest BCUT2D eigenvalue weighted by Crippen LogP contribution is 2.20. The molecular formula is C14H23NO2S. The van der Waals surface area contributed by atoms with E-state index in [2.05, 4.69) is 37.4 Å². The van der Waals surface area contributed by atoms with Gasteiger partial charge in [0.2, 0.25) is 0 Å². The number of aryl methyl sites for hydroxylation is 2. The van der Waals surface area contributed by atoms with E-state index in [0.29, 0.717) is 18.1 Å². The number of hydrogen-bond donors (Lipinski definition) is 1. The number of ether oxygens (including phenoxy) is 1. The Balaban J connectivity index is 2.76. The van der Waals surface area contributed by atoms with Gasteiger partial charge in [0.15, 0.2) is 0 Å². The molecule has 2 atom stereocenters. The van der Waals surface area contributed by atoms with Crippen molar-refractivity contribution in [1.29, 1.82) is 0 Å². The fourth-order valence-corrected chi connectivity index (χ4v) is 3.15. The van der Waals surface area contributed by atoms with Crippen LogP contribution in [0.3, 0.4) is 0 Å². The number of hydrogen-bond acceptors (Lipinski definition) is 3. The quantitative estimate of drug-likeness (QED) is 0.822. The van der Waals surface area contributed by atoms with Gasteiger partial charge in [0.05, 0.1) is 6.61 Å². The van der Waals surface area contributed by atoms with Gasteiger partial charge in [-0.15, -0.1) is 0 Å². The molecule has 0 aliphatic rings. The summed E-state index contributed by atoms with van der Waals surface area (Å²) >= 11 is 0. The maximum atomic E-state index is 11.9. The molecule has 1 N–H and O–H groups in total. The third-order valence-corrected chi connectivity index (χ3v) is 4.35. The van der Waals surface area contributed by atoms with Crippen molar-refractivity contribution in [3.05, 3.63) is 34.9 Å². The Kier molecular flexibility index (Phi) is 6.54. The standard InChI is InChI=1S/C14H23NO2S/c1-11-5-6-12(2)13(9-11)14(15-3)10-18(16)8-7-17-4/h5-6,9,14-15H,7-8,10H2,1-4H3. The van der Waals surface area contributed by atoms with E-state index in [1.54, 1.807) is 7.11 Å². The summed E-state index contributed by atoms with van der Waals surface area (Å²) in [5.74, 6) is 1.23. The monoisotopic (exact) mass is 269 g/mol. The van der Waals surface area contributed by atoms with Crippen LogP contribution in [0.25, 0.3) is 0 Å². The van der Waals surface area contributed by atoms with Crippen LogP contribution >= 0.6 is 0 Å². The van der Waals surface area contributed by atoms with Crippen LogP contribution in [0.2, 0.25) is 0 Å². The first kappa shape index (κ1) is 15.3. The lowest BCUT2D eigenvalue weighted by Crippen LogP contribution is -2.25. The second-order valence-corrected chi connectivity index (χ2v) is 6.13. The van der Waals surface area contributed by atoms with Gasteiger partial charge in [-0.3, -0.25) is 4.21 Å². The molecular weight excluding hydrogens is 246 g/mol. The summed E-state index contributed by atoms with van der Waals surface area (Å²) in [5.41, 5.74) is 3.71. The zero-order valence-electron chi connectivity index (χ0n) is 11.7. The third-order valence-electron chi connectivity index (χ3n) is 3.03. The Morgan fingerprint density at radius 1 is 1.39 bits per heavy atom. The van der Waals surface area contributed by atoms with E-state index in [1.807, 2.05) is 7.05 Å². The molecule has 0 spiro atoms. The van der Waals surface area contributed by atoms with Gasteiger partial charge in [-0.25, -0.2) is 0 Å². The highest BCUT2D eigenvalue weighted by molar-refractivity contribution is 7.85. The van der Waals surface area contributed by atoms with Crippen LogP contribution in [0.5, 0.6) is 0 Å². The number of benzene rings is 1. The molecule has 0 aliphatic heterocycles. The van der Waals surface area contributed by atoms with Crippen molar-refractivity contribution in [1.82, 2.24) is 5.32 Å². The molecule has 1 aromatic rings. The first-order chi connectivity index (χ1) is 8.58. The molecule has 1 aromatic carbocycles. The van der Waals surface area contributed by atoms with Crippen LogP contribution < -0.4 is 5.32 Å². The largest absolute Gasteiger partial charge is 0.384 e. The SMILES string of the molecule is CNC(CS(=O)CCOC)c1cc(C)ccc1C. The van der Waals surface area contributed by atoms with Crippen LogP contribution in [-0.4, -0.2) is 36.5 Å². The topological polar surface area (TPSA) is 38.3 Å². The van der Waals surface area contributed by atoms with E-state index in [0.717, 1.165) is 0 Å². The predicted molar refractivity (Wildman–Crippen MR) is 77.5 cm³/mol. The van der Waals surface area contributed by atoms with E-state index in [1.165, 1.54) is 16.7 Å². The van der Waals surface area contributed by atoms with Crippen molar-refractivity contribution in [2.75, 3.05) is 32.3 Å². The molecule has 102 valence electrons. The van der Waals surface area contributed by atoms with Gasteiger partial charge in [-0.2, -0.15) is 0 Å². The van der Waals surface area contributed by atoms with E-state index in [9.17, 15) is 4.21 Å². The summed E-state index contributed by atoms with van der Waals surface area (Å²) in [6.07, 6.45) is 0. The molecule has 0 saturated carbocycles. The van der Waals surface area contributed by atoms with Gasteiger partial charge in [0.25, 0.3) is 0 Å². The second-order valence-electron chi connectivity index (χ2n) is 4.50.